The lowest BCUT2D eigenvalue weighted by Crippen LogP contribution is -1.96. The fourth-order valence-corrected chi connectivity index (χ4v) is 1.91. The predicted molar refractivity (Wildman–Crippen MR) is 68.6 cm³/mol. The number of carboxylic acid groups (broad SMARTS) is 1. The van der Waals surface area contributed by atoms with Crippen LogP contribution in [0.4, 0.5) is 0 Å². The van der Waals surface area contributed by atoms with Crippen LogP contribution in [0.3, 0.4) is 0 Å². The first kappa shape index (κ1) is 11.7. The Hall–Kier alpha value is -1.80. The highest BCUT2D eigenvalue weighted by Gasteiger charge is 2.07. The van der Waals surface area contributed by atoms with E-state index in [1.165, 1.54) is 0 Å². The van der Waals surface area contributed by atoms with Gasteiger partial charge in [-0.15, -0.1) is 0 Å². The fourth-order valence-electron chi connectivity index (χ4n) is 1.74. The lowest BCUT2D eigenvalue weighted by molar-refractivity contribution is 0.0697. The molecule has 2 aromatic rings. The Morgan fingerprint density at radius 3 is 2.59 bits per heavy atom. The molecule has 1 N–H and O–H groups in total. The molecule has 0 saturated carbocycles. The molecule has 0 atom stereocenters. The first-order valence-corrected chi connectivity index (χ1v) is 5.56. The number of carbonyl (C=O) groups is 1. The first-order valence-electron chi connectivity index (χ1n) is 5.18. The van der Waals surface area contributed by atoms with Gasteiger partial charge >= 0.3 is 5.97 Å². The minimum atomic E-state index is -0.925. The van der Waals surface area contributed by atoms with Crippen molar-refractivity contribution in [3.63, 3.8) is 0 Å². The normalized spacial score (nSPS) is 10.2. The number of hydrogen-bond acceptors (Lipinski definition) is 1. The predicted octanol–water partition coefficient (Wildman–Crippen LogP) is 4.01. The average molecular weight is 247 g/mol. The maximum atomic E-state index is 10.9. The Kier molecular flexibility index (Phi) is 3.16. The molecule has 17 heavy (non-hydrogen) atoms. The van der Waals surface area contributed by atoms with Crippen LogP contribution in [0.25, 0.3) is 11.1 Å². The zero-order valence-electron chi connectivity index (χ0n) is 9.27. The molecule has 0 saturated heterocycles. The zero-order valence-corrected chi connectivity index (χ0v) is 10.0. The zero-order chi connectivity index (χ0) is 12.4. The molecule has 2 aromatic carbocycles. The summed E-state index contributed by atoms with van der Waals surface area (Å²) in [5.74, 6) is -0.925. The van der Waals surface area contributed by atoms with Gasteiger partial charge in [0.15, 0.2) is 0 Å². The summed E-state index contributed by atoms with van der Waals surface area (Å²) in [6.45, 7) is 1.92. The molecule has 2 nitrogen and oxygen atoms in total. The summed E-state index contributed by atoms with van der Waals surface area (Å²) in [5.41, 5.74) is 3.06. The molecule has 0 fully saturated rings. The van der Waals surface area contributed by atoms with Crippen LogP contribution in [-0.2, 0) is 0 Å². The third kappa shape index (κ3) is 2.32. The number of rotatable bonds is 2. The molecular weight excluding hydrogens is 236 g/mol. The summed E-state index contributed by atoms with van der Waals surface area (Å²) < 4.78 is 0. The highest BCUT2D eigenvalue weighted by Crippen LogP contribution is 2.28. The minimum Gasteiger partial charge on any atom is -0.478 e. The SMILES string of the molecule is Cc1c(Cl)cccc1-c1cccc(C(=O)O)c1. The van der Waals surface area contributed by atoms with Crippen LogP contribution in [0.2, 0.25) is 5.02 Å². The van der Waals surface area contributed by atoms with Crippen LogP contribution in [0.1, 0.15) is 15.9 Å². The lowest BCUT2D eigenvalue weighted by Gasteiger charge is -2.08. The molecule has 0 aliphatic rings. The van der Waals surface area contributed by atoms with Gasteiger partial charge in [-0.2, -0.15) is 0 Å². The number of benzene rings is 2. The number of carboxylic acids is 1. The van der Waals surface area contributed by atoms with Crippen LogP contribution < -0.4 is 0 Å². The maximum Gasteiger partial charge on any atom is 0.335 e. The second kappa shape index (κ2) is 4.60. The van der Waals surface area contributed by atoms with Gasteiger partial charge in [0.2, 0.25) is 0 Å². The van der Waals surface area contributed by atoms with E-state index in [9.17, 15) is 4.79 Å². The third-order valence-corrected chi connectivity index (χ3v) is 3.10. The van der Waals surface area contributed by atoms with Gasteiger partial charge in [-0.05, 0) is 41.8 Å². The van der Waals surface area contributed by atoms with Crippen LogP contribution >= 0.6 is 11.6 Å². The van der Waals surface area contributed by atoms with Crippen molar-refractivity contribution < 1.29 is 9.90 Å². The van der Waals surface area contributed by atoms with E-state index in [1.54, 1.807) is 18.2 Å². The van der Waals surface area contributed by atoms with E-state index in [2.05, 4.69) is 0 Å². The summed E-state index contributed by atoms with van der Waals surface area (Å²) in [5, 5.41) is 9.64. The molecular formula is C14H11ClO2. The molecule has 0 heterocycles. The van der Waals surface area contributed by atoms with Crippen molar-refractivity contribution in [3.05, 3.63) is 58.6 Å². The molecule has 2 rings (SSSR count). The Labute approximate surface area is 104 Å². The highest BCUT2D eigenvalue weighted by molar-refractivity contribution is 6.31. The molecule has 0 aromatic heterocycles. The molecule has 0 radical (unpaired) electrons. The van der Waals surface area contributed by atoms with Crippen molar-refractivity contribution >= 4 is 17.6 Å². The van der Waals surface area contributed by atoms with Crippen LogP contribution in [0, 0.1) is 6.92 Å². The van der Waals surface area contributed by atoms with Gasteiger partial charge in [0.05, 0.1) is 5.56 Å². The van der Waals surface area contributed by atoms with Gasteiger partial charge in [-0.3, -0.25) is 0 Å². The van der Waals surface area contributed by atoms with Gasteiger partial charge in [0.25, 0.3) is 0 Å². The smallest absolute Gasteiger partial charge is 0.335 e. The Morgan fingerprint density at radius 2 is 1.88 bits per heavy atom. The molecule has 0 unspecified atom stereocenters. The molecule has 0 amide bonds. The minimum absolute atomic E-state index is 0.280. The summed E-state index contributed by atoms with van der Waals surface area (Å²) in [7, 11) is 0. The van der Waals surface area contributed by atoms with Gasteiger partial charge in [0, 0.05) is 5.02 Å². The average Bonchev–Trinajstić information content (AvgIpc) is 2.33. The van der Waals surface area contributed by atoms with Gasteiger partial charge in [-0.1, -0.05) is 35.9 Å². The highest BCUT2D eigenvalue weighted by atomic mass is 35.5. The van der Waals surface area contributed by atoms with Gasteiger partial charge in [0.1, 0.15) is 0 Å². The summed E-state index contributed by atoms with van der Waals surface area (Å²) in [6, 6.07) is 12.5. The van der Waals surface area contributed by atoms with Crippen LogP contribution in [0.15, 0.2) is 42.5 Å². The molecule has 0 aliphatic carbocycles. The van der Waals surface area contributed by atoms with E-state index >= 15 is 0 Å². The van der Waals surface area contributed by atoms with E-state index in [0.29, 0.717) is 5.02 Å². The van der Waals surface area contributed by atoms with Gasteiger partial charge < -0.3 is 5.11 Å². The van der Waals surface area contributed by atoms with Crippen molar-refractivity contribution in [3.8, 4) is 11.1 Å². The van der Waals surface area contributed by atoms with Crippen molar-refractivity contribution in [1.29, 1.82) is 0 Å². The van der Waals surface area contributed by atoms with E-state index in [1.807, 2.05) is 31.2 Å². The Balaban J connectivity index is 2.57. The Bertz CT molecular complexity index is 576. The quantitative estimate of drug-likeness (QED) is 0.869. The lowest BCUT2D eigenvalue weighted by atomic mass is 9.99. The van der Waals surface area contributed by atoms with E-state index in [-0.39, 0.29) is 5.56 Å². The number of aromatic carboxylic acids is 1. The van der Waals surface area contributed by atoms with Crippen LogP contribution in [0.5, 0.6) is 0 Å². The largest absolute Gasteiger partial charge is 0.478 e. The Morgan fingerprint density at radius 1 is 1.18 bits per heavy atom. The molecule has 86 valence electrons. The van der Waals surface area contributed by atoms with Gasteiger partial charge in [-0.25, -0.2) is 4.79 Å². The van der Waals surface area contributed by atoms with E-state index in [0.717, 1.165) is 16.7 Å². The third-order valence-electron chi connectivity index (χ3n) is 2.69. The molecule has 0 aliphatic heterocycles. The summed E-state index contributed by atoms with van der Waals surface area (Å²) >= 11 is 6.05. The number of halogens is 1. The van der Waals surface area contributed by atoms with E-state index in [4.69, 9.17) is 16.7 Å². The summed E-state index contributed by atoms with van der Waals surface area (Å²) in [6.07, 6.45) is 0. The topological polar surface area (TPSA) is 37.3 Å². The summed E-state index contributed by atoms with van der Waals surface area (Å²) in [4.78, 5) is 10.9. The molecule has 0 bridgehead atoms. The van der Waals surface area contributed by atoms with Crippen molar-refractivity contribution in [1.82, 2.24) is 0 Å². The molecule has 0 spiro atoms. The van der Waals surface area contributed by atoms with Crippen molar-refractivity contribution in [2.45, 2.75) is 6.92 Å². The second-order valence-electron chi connectivity index (χ2n) is 3.80. The van der Waals surface area contributed by atoms with Crippen molar-refractivity contribution in [2.24, 2.45) is 0 Å². The number of hydrogen-bond donors (Lipinski definition) is 1. The first-order chi connectivity index (χ1) is 8.09. The fraction of sp³-hybridized carbons (Fsp3) is 0.0714. The van der Waals surface area contributed by atoms with Crippen molar-refractivity contribution in [2.75, 3.05) is 0 Å². The van der Waals surface area contributed by atoms with Crippen LogP contribution in [-0.4, -0.2) is 11.1 Å². The molecule has 3 heteroatoms. The second-order valence-corrected chi connectivity index (χ2v) is 4.21. The monoisotopic (exact) mass is 246 g/mol. The van der Waals surface area contributed by atoms with E-state index < -0.39 is 5.97 Å². The standard InChI is InChI=1S/C14H11ClO2/c1-9-12(6-3-7-13(9)15)10-4-2-5-11(8-10)14(16)17/h2-8H,1H3,(H,16,17). The maximum absolute atomic E-state index is 10.9.